The van der Waals surface area contributed by atoms with E-state index < -0.39 is 0 Å². The van der Waals surface area contributed by atoms with E-state index in [0.29, 0.717) is 0 Å². The summed E-state index contributed by atoms with van der Waals surface area (Å²) in [6.45, 7) is 7.54. The first-order chi connectivity index (χ1) is 12.8. The summed E-state index contributed by atoms with van der Waals surface area (Å²) in [6, 6.07) is 19.3. The Hall–Kier alpha value is -2.10. The van der Waals surface area contributed by atoms with E-state index in [1.807, 2.05) is 18.2 Å². The first-order valence-electron chi connectivity index (χ1n) is 9.74. The third-order valence-corrected chi connectivity index (χ3v) is 5.41. The van der Waals surface area contributed by atoms with Crippen molar-refractivity contribution in [3.05, 3.63) is 71.5 Å². The van der Waals surface area contributed by atoms with Crippen molar-refractivity contribution in [1.29, 1.82) is 0 Å². The molecule has 3 heteroatoms. The Kier molecular flexibility index (Phi) is 5.37. The van der Waals surface area contributed by atoms with Crippen LogP contribution in [-0.4, -0.2) is 18.0 Å². The number of para-hydroxylation sites is 1. The fourth-order valence-electron chi connectivity index (χ4n) is 3.69. The minimum absolute atomic E-state index is 0.752. The smallest absolute Gasteiger partial charge is 0.134 e. The molecule has 1 aromatic heterocycles. The van der Waals surface area contributed by atoms with Crippen LogP contribution in [0.25, 0.3) is 11.0 Å². The molecule has 0 aliphatic carbocycles. The lowest BCUT2D eigenvalue weighted by Gasteiger charge is -2.30. The number of nitrogens with one attached hydrogen (secondary N) is 1. The third-order valence-electron chi connectivity index (χ3n) is 5.41. The van der Waals surface area contributed by atoms with E-state index in [0.717, 1.165) is 36.9 Å². The Balaban J connectivity index is 1.26. The molecule has 26 heavy (non-hydrogen) atoms. The summed E-state index contributed by atoms with van der Waals surface area (Å²) in [5.41, 5.74) is 3.69. The maximum atomic E-state index is 5.85. The Labute approximate surface area is 156 Å². The second-order valence-electron chi connectivity index (χ2n) is 7.63. The fraction of sp³-hybridized carbons (Fsp3) is 0.391. The van der Waals surface area contributed by atoms with Crippen LogP contribution in [-0.2, 0) is 19.6 Å². The Morgan fingerprint density at radius 3 is 2.46 bits per heavy atom. The molecule has 0 spiro atoms. The molecule has 1 fully saturated rings. The lowest BCUT2D eigenvalue weighted by molar-refractivity contribution is 0.185. The van der Waals surface area contributed by atoms with E-state index in [4.69, 9.17) is 4.42 Å². The van der Waals surface area contributed by atoms with E-state index in [1.54, 1.807) is 0 Å². The summed E-state index contributed by atoms with van der Waals surface area (Å²) in [7, 11) is 0. The van der Waals surface area contributed by atoms with Crippen molar-refractivity contribution < 1.29 is 4.42 Å². The van der Waals surface area contributed by atoms with Crippen molar-refractivity contribution in [2.75, 3.05) is 13.1 Å². The van der Waals surface area contributed by atoms with Gasteiger partial charge in [-0.25, -0.2) is 0 Å². The molecule has 0 saturated carbocycles. The van der Waals surface area contributed by atoms with E-state index in [9.17, 15) is 0 Å². The second-order valence-corrected chi connectivity index (χ2v) is 7.63. The summed E-state index contributed by atoms with van der Waals surface area (Å²) in [6.07, 6.45) is 2.67. The lowest BCUT2D eigenvalue weighted by Crippen LogP contribution is -2.32. The number of benzene rings is 2. The summed E-state index contributed by atoms with van der Waals surface area (Å²) in [4.78, 5) is 2.58. The molecule has 3 aromatic rings. The van der Waals surface area contributed by atoms with Gasteiger partial charge in [-0.15, -0.1) is 0 Å². The number of nitrogens with zero attached hydrogens (tertiary/aromatic N) is 1. The van der Waals surface area contributed by atoms with Gasteiger partial charge >= 0.3 is 0 Å². The maximum absolute atomic E-state index is 5.85. The second kappa shape index (κ2) is 8.07. The van der Waals surface area contributed by atoms with Crippen molar-refractivity contribution in [2.24, 2.45) is 5.92 Å². The van der Waals surface area contributed by atoms with Crippen molar-refractivity contribution in [1.82, 2.24) is 10.2 Å². The average molecular weight is 348 g/mol. The molecule has 1 N–H and O–H groups in total. The van der Waals surface area contributed by atoms with Crippen LogP contribution in [0.1, 0.15) is 36.7 Å². The predicted octanol–water partition coefficient (Wildman–Crippen LogP) is 4.95. The summed E-state index contributed by atoms with van der Waals surface area (Å²) >= 11 is 0. The molecule has 0 bridgehead atoms. The lowest BCUT2D eigenvalue weighted by atomic mass is 9.99. The molecule has 4 rings (SSSR count). The van der Waals surface area contributed by atoms with Crippen molar-refractivity contribution >= 4 is 11.0 Å². The van der Waals surface area contributed by atoms with Crippen LogP contribution in [0.5, 0.6) is 0 Å². The fourth-order valence-corrected chi connectivity index (χ4v) is 3.69. The maximum Gasteiger partial charge on any atom is 0.134 e. The standard InChI is InChI=1S/C23H28N2O/c1-18-10-12-25(13-11-18)17-20-8-6-19(7-9-20)15-24-16-22-14-21-4-2-3-5-23(21)26-22/h2-9,14,18,24H,10-13,15-17H2,1H3. The van der Waals surface area contributed by atoms with Crippen molar-refractivity contribution in [3.8, 4) is 0 Å². The van der Waals surface area contributed by atoms with Crippen LogP contribution < -0.4 is 5.32 Å². The molecular weight excluding hydrogens is 320 g/mol. The molecule has 0 unspecified atom stereocenters. The number of likely N-dealkylation sites (tertiary alicyclic amines) is 1. The first kappa shape index (κ1) is 17.3. The molecule has 2 heterocycles. The number of hydrogen-bond donors (Lipinski definition) is 1. The molecular formula is C23H28N2O. The highest BCUT2D eigenvalue weighted by Crippen LogP contribution is 2.19. The highest BCUT2D eigenvalue weighted by atomic mass is 16.3. The zero-order chi connectivity index (χ0) is 17.8. The average Bonchev–Trinajstić information content (AvgIpc) is 3.08. The van der Waals surface area contributed by atoms with Gasteiger partial charge in [0.1, 0.15) is 11.3 Å². The Bertz CT molecular complexity index is 796. The van der Waals surface area contributed by atoms with E-state index in [-0.39, 0.29) is 0 Å². The molecule has 2 aromatic carbocycles. The third kappa shape index (κ3) is 4.35. The summed E-state index contributed by atoms with van der Waals surface area (Å²) in [5.74, 6) is 1.88. The van der Waals surface area contributed by atoms with Crippen LogP contribution in [0.4, 0.5) is 0 Å². The topological polar surface area (TPSA) is 28.4 Å². The van der Waals surface area contributed by atoms with E-state index in [1.165, 1.54) is 42.4 Å². The number of furan rings is 1. The number of rotatable bonds is 6. The van der Waals surface area contributed by atoms with Gasteiger partial charge in [-0.3, -0.25) is 4.90 Å². The minimum atomic E-state index is 0.752. The molecule has 1 aliphatic rings. The van der Waals surface area contributed by atoms with Gasteiger partial charge in [0.25, 0.3) is 0 Å². The highest BCUT2D eigenvalue weighted by molar-refractivity contribution is 5.77. The monoisotopic (exact) mass is 348 g/mol. The molecule has 1 aliphatic heterocycles. The van der Waals surface area contributed by atoms with Crippen molar-refractivity contribution in [3.63, 3.8) is 0 Å². The van der Waals surface area contributed by atoms with Gasteiger partial charge in [-0.05, 0) is 55.1 Å². The molecule has 0 amide bonds. The van der Waals surface area contributed by atoms with Crippen molar-refractivity contribution in [2.45, 2.75) is 39.4 Å². The largest absolute Gasteiger partial charge is 0.460 e. The number of piperidine rings is 1. The predicted molar refractivity (Wildman–Crippen MR) is 107 cm³/mol. The zero-order valence-electron chi connectivity index (χ0n) is 15.6. The molecule has 0 radical (unpaired) electrons. The molecule has 1 saturated heterocycles. The zero-order valence-corrected chi connectivity index (χ0v) is 15.6. The van der Waals surface area contributed by atoms with Gasteiger partial charge in [0.2, 0.25) is 0 Å². The SMILES string of the molecule is CC1CCN(Cc2ccc(CNCc3cc4ccccc4o3)cc2)CC1. The van der Waals surface area contributed by atoms with Crippen LogP contribution in [0, 0.1) is 5.92 Å². The Morgan fingerprint density at radius 2 is 1.69 bits per heavy atom. The summed E-state index contributed by atoms with van der Waals surface area (Å²) in [5, 5.41) is 4.65. The van der Waals surface area contributed by atoms with E-state index in [2.05, 4.69) is 53.5 Å². The van der Waals surface area contributed by atoms with Gasteiger partial charge in [0.15, 0.2) is 0 Å². The minimum Gasteiger partial charge on any atom is -0.460 e. The van der Waals surface area contributed by atoms with Gasteiger partial charge in [0.05, 0.1) is 6.54 Å². The quantitative estimate of drug-likeness (QED) is 0.683. The number of fused-ring (bicyclic) bond motifs is 1. The Morgan fingerprint density at radius 1 is 0.962 bits per heavy atom. The normalized spacial score (nSPS) is 16.3. The number of hydrogen-bond acceptors (Lipinski definition) is 3. The molecule has 0 atom stereocenters. The van der Waals surface area contributed by atoms with Gasteiger partial charge < -0.3 is 9.73 Å². The van der Waals surface area contributed by atoms with E-state index >= 15 is 0 Å². The van der Waals surface area contributed by atoms with Gasteiger partial charge in [0, 0.05) is 18.5 Å². The highest BCUT2D eigenvalue weighted by Gasteiger charge is 2.15. The van der Waals surface area contributed by atoms with Crippen LogP contribution in [0.2, 0.25) is 0 Å². The summed E-state index contributed by atoms with van der Waals surface area (Å²) < 4.78 is 5.85. The molecule has 136 valence electrons. The van der Waals surface area contributed by atoms with Crippen LogP contribution in [0.15, 0.2) is 59.0 Å². The first-order valence-corrected chi connectivity index (χ1v) is 9.74. The van der Waals surface area contributed by atoms with Gasteiger partial charge in [-0.2, -0.15) is 0 Å². The van der Waals surface area contributed by atoms with Gasteiger partial charge in [-0.1, -0.05) is 49.4 Å². The van der Waals surface area contributed by atoms with Crippen LogP contribution >= 0.6 is 0 Å². The van der Waals surface area contributed by atoms with Crippen LogP contribution in [0.3, 0.4) is 0 Å². The molecule has 3 nitrogen and oxygen atoms in total.